The monoisotopic (exact) mass is 261 g/mol. The molecule has 19 heavy (non-hydrogen) atoms. The summed E-state index contributed by atoms with van der Waals surface area (Å²) >= 11 is 0. The van der Waals surface area contributed by atoms with Gasteiger partial charge in [-0.05, 0) is 18.6 Å². The number of amides is 1. The van der Waals surface area contributed by atoms with Gasteiger partial charge in [0.1, 0.15) is 12.2 Å². The summed E-state index contributed by atoms with van der Waals surface area (Å²) in [5.74, 6) is -1.30. The zero-order valence-corrected chi connectivity index (χ0v) is 10.6. The van der Waals surface area contributed by atoms with Crippen molar-refractivity contribution in [3.05, 3.63) is 30.1 Å². The minimum Gasteiger partial charge on any atom is -0.480 e. The highest BCUT2D eigenvalue weighted by Gasteiger charge is 2.20. The van der Waals surface area contributed by atoms with Gasteiger partial charge in [-0.15, -0.1) is 0 Å². The highest BCUT2D eigenvalue weighted by Crippen LogP contribution is 2.17. The Balaban J connectivity index is 2.33. The lowest BCUT2D eigenvalue weighted by Gasteiger charge is -2.19. The number of carbonyl (C=O) groups excluding carboxylic acids is 1. The lowest BCUT2D eigenvalue weighted by atomic mass is 10.2. The van der Waals surface area contributed by atoms with E-state index in [4.69, 9.17) is 5.11 Å². The van der Waals surface area contributed by atoms with Crippen molar-refractivity contribution in [2.75, 3.05) is 13.1 Å². The highest BCUT2D eigenvalue weighted by atomic mass is 16.4. The molecule has 0 atom stereocenters. The number of fused-ring (bicyclic) bond motifs is 1. The molecule has 2 N–H and O–H groups in total. The normalized spacial score (nSPS) is 10.6. The summed E-state index contributed by atoms with van der Waals surface area (Å²) in [5.41, 5.74) is 1.08. The van der Waals surface area contributed by atoms with Crippen molar-refractivity contribution in [2.24, 2.45) is 0 Å². The molecule has 100 valence electrons. The first kappa shape index (κ1) is 13.1. The number of aliphatic carboxylic acids is 1. The van der Waals surface area contributed by atoms with Gasteiger partial charge in [0, 0.05) is 24.3 Å². The van der Waals surface area contributed by atoms with E-state index in [1.807, 2.05) is 6.92 Å². The predicted octanol–water partition coefficient (Wildman–Crippen LogP) is 1.50. The molecule has 0 saturated carbocycles. The van der Waals surface area contributed by atoms with Crippen molar-refractivity contribution >= 4 is 22.9 Å². The SMILES string of the molecule is CCCN(CC(=O)O)C(=O)c1c[nH]c2ncccc12. The standard InChI is InChI=1S/C13H15N3O3/c1-2-6-16(8-11(17)18)13(19)10-7-15-12-9(10)4-3-5-14-12/h3-5,7H,2,6,8H2,1H3,(H,14,15)(H,17,18). The highest BCUT2D eigenvalue weighted by molar-refractivity contribution is 6.06. The summed E-state index contributed by atoms with van der Waals surface area (Å²) in [5, 5.41) is 9.56. The van der Waals surface area contributed by atoms with Gasteiger partial charge in [0.25, 0.3) is 5.91 Å². The summed E-state index contributed by atoms with van der Waals surface area (Å²) in [6.07, 6.45) is 3.91. The Morgan fingerprint density at radius 3 is 2.95 bits per heavy atom. The Labute approximate surface area is 110 Å². The minimum absolute atomic E-state index is 0.288. The smallest absolute Gasteiger partial charge is 0.323 e. The number of carboxylic acids is 1. The number of hydrogen-bond acceptors (Lipinski definition) is 3. The van der Waals surface area contributed by atoms with Crippen LogP contribution >= 0.6 is 0 Å². The number of pyridine rings is 1. The van der Waals surface area contributed by atoms with E-state index in [9.17, 15) is 9.59 Å². The Morgan fingerprint density at radius 1 is 1.47 bits per heavy atom. The fourth-order valence-electron chi connectivity index (χ4n) is 1.99. The van der Waals surface area contributed by atoms with Gasteiger partial charge < -0.3 is 15.0 Å². The molecule has 0 saturated heterocycles. The Kier molecular flexibility index (Phi) is 3.79. The zero-order chi connectivity index (χ0) is 13.8. The number of carboxylic acid groups (broad SMARTS) is 1. The van der Waals surface area contributed by atoms with E-state index in [2.05, 4.69) is 9.97 Å². The molecule has 0 radical (unpaired) electrons. The maximum atomic E-state index is 12.4. The molecule has 2 rings (SSSR count). The van der Waals surface area contributed by atoms with Crippen LogP contribution in [0.2, 0.25) is 0 Å². The number of carbonyl (C=O) groups is 2. The fourth-order valence-corrected chi connectivity index (χ4v) is 1.99. The third-order valence-electron chi connectivity index (χ3n) is 2.79. The third-order valence-corrected chi connectivity index (χ3v) is 2.79. The van der Waals surface area contributed by atoms with Crippen LogP contribution in [0, 0.1) is 0 Å². The minimum atomic E-state index is -1.01. The molecule has 0 unspecified atom stereocenters. The molecule has 0 aliphatic heterocycles. The number of aromatic amines is 1. The van der Waals surface area contributed by atoms with E-state index < -0.39 is 5.97 Å². The molecule has 0 aliphatic carbocycles. The van der Waals surface area contributed by atoms with Crippen molar-refractivity contribution < 1.29 is 14.7 Å². The second-order valence-corrected chi connectivity index (χ2v) is 4.22. The maximum Gasteiger partial charge on any atom is 0.323 e. The lowest BCUT2D eigenvalue weighted by Crippen LogP contribution is -2.36. The molecule has 0 spiro atoms. The molecule has 1 amide bonds. The summed E-state index contributed by atoms with van der Waals surface area (Å²) in [6.45, 7) is 2.02. The van der Waals surface area contributed by atoms with Crippen LogP contribution in [0.3, 0.4) is 0 Å². The van der Waals surface area contributed by atoms with Crippen LogP contribution in [0.1, 0.15) is 23.7 Å². The van der Waals surface area contributed by atoms with Gasteiger partial charge in [0.2, 0.25) is 0 Å². The van der Waals surface area contributed by atoms with E-state index in [0.717, 1.165) is 0 Å². The van der Waals surface area contributed by atoms with E-state index >= 15 is 0 Å². The first-order valence-corrected chi connectivity index (χ1v) is 6.06. The maximum absolute atomic E-state index is 12.4. The van der Waals surface area contributed by atoms with Crippen molar-refractivity contribution in [2.45, 2.75) is 13.3 Å². The molecule has 2 heterocycles. The van der Waals surface area contributed by atoms with Crippen LogP contribution in [0.5, 0.6) is 0 Å². The van der Waals surface area contributed by atoms with Gasteiger partial charge in [-0.25, -0.2) is 4.98 Å². The second-order valence-electron chi connectivity index (χ2n) is 4.22. The first-order chi connectivity index (χ1) is 9.13. The first-order valence-electron chi connectivity index (χ1n) is 6.06. The third kappa shape index (κ3) is 2.73. The molecule has 0 aliphatic rings. The van der Waals surface area contributed by atoms with Gasteiger partial charge in [-0.1, -0.05) is 6.92 Å². The van der Waals surface area contributed by atoms with Crippen LogP contribution in [-0.4, -0.2) is 44.9 Å². The van der Waals surface area contributed by atoms with Gasteiger partial charge in [0.05, 0.1) is 5.56 Å². The van der Waals surface area contributed by atoms with Gasteiger partial charge >= 0.3 is 5.97 Å². The molecule has 6 heteroatoms. The summed E-state index contributed by atoms with van der Waals surface area (Å²) in [7, 11) is 0. The summed E-state index contributed by atoms with van der Waals surface area (Å²) < 4.78 is 0. The van der Waals surface area contributed by atoms with Crippen LogP contribution in [0.25, 0.3) is 11.0 Å². The van der Waals surface area contributed by atoms with Gasteiger partial charge in [-0.3, -0.25) is 9.59 Å². The molecule has 0 bridgehead atoms. The number of nitrogens with one attached hydrogen (secondary N) is 1. The van der Waals surface area contributed by atoms with Gasteiger partial charge in [0.15, 0.2) is 0 Å². The Hall–Kier alpha value is -2.37. The number of H-pyrrole nitrogens is 1. The van der Waals surface area contributed by atoms with Crippen molar-refractivity contribution in [1.29, 1.82) is 0 Å². The molecule has 2 aromatic heterocycles. The Morgan fingerprint density at radius 2 is 2.26 bits per heavy atom. The van der Waals surface area contributed by atoms with Crippen molar-refractivity contribution in [3.8, 4) is 0 Å². The van der Waals surface area contributed by atoms with Crippen molar-refractivity contribution in [1.82, 2.24) is 14.9 Å². The van der Waals surface area contributed by atoms with E-state index in [0.29, 0.717) is 29.6 Å². The quantitative estimate of drug-likeness (QED) is 0.854. The predicted molar refractivity (Wildman–Crippen MR) is 69.9 cm³/mol. The van der Waals surface area contributed by atoms with Crippen molar-refractivity contribution in [3.63, 3.8) is 0 Å². The van der Waals surface area contributed by atoms with E-state index in [1.165, 1.54) is 4.90 Å². The summed E-state index contributed by atoms with van der Waals surface area (Å²) in [6, 6.07) is 3.53. The lowest BCUT2D eigenvalue weighted by molar-refractivity contribution is -0.137. The zero-order valence-electron chi connectivity index (χ0n) is 10.6. The average molecular weight is 261 g/mol. The molecular formula is C13H15N3O3. The molecule has 0 fully saturated rings. The van der Waals surface area contributed by atoms with Gasteiger partial charge in [-0.2, -0.15) is 0 Å². The average Bonchev–Trinajstić information content (AvgIpc) is 2.80. The Bertz CT molecular complexity index is 606. The summed E-state index contributed by atoms with van der Waals surface area (Å²) in [4.78, 5) is 31.5. The van der Waals surface area contributed by atoms with Crippen LogP contribution in [0.15, 0.2) is 24.5 Å². The molecule has 6 nitrogen and oxygen atoms in total. The number of rotatable bonds is 5. The van der Waals surface area contributed by atoms with Crippen LogP contribution in [0.4, 0.5) is 0 Å². The van der Waals surface area contributed by atoms with Crippen LogP contribution in [-0.2, 0) is 4.79 Å². The second kappa shape index (κ2) is 5.51. The van der Waals surface area contributed by atoms with Crippen LogP contribution < -0.4 is 0 Å². The molecular weight excluding hydrogens is 246 g/mol. The topological polar surface area (TPSA) is 86.3 Å². The number of nitrogens with zero attached hydrogens (tertiary/aromatic N) is 2. The van der Waals surface area contributed by atoms with E-state index in [1.54, 1.807) is 24.5 Å². The van der Waals surface area contributed by atoms with E-state index in [-0.39, 0.29) is 12.5 Å². The number of aromatic nitrogens is 2. The fraction of sp³-hybridized carbons (Fsp3) is 0.308. The largest absolute Gasteiger partial charge is 0.480 e. The number of hydrogen-bond donors (Lipinski definition) is 2. The molecule has 0 aromatic carbocycles. The molecule has 2 aromatic rings.